The van der Waals surface area contributed by atoms with Gasteiger partial charge in [-0.2, -0.15) is 0 Å². The van der Waals surface area contributed by atoms with Crippen molar-refractivity contribution in [2.75, 3.05) is 19.1 Å². The van der Waals surface area contributed by atoms with Crippen LogP contribution in [-0.4, -0.2) is 37.3 Å². The van der Waals surface area contributed by atoms with Gasteiger partial charge in [0.25, 0.3) is 5.69 Å². The molecule has 2 atom stereocenters. The van der Waals surface area contributed by atoms with Crippen LogP contribution < -0.4 is 4.90 Å². The predicted molar refractivity (Wildman–Crippen MR) is 136 cm³/mol. The van der Waals surface area contributed by atoms with E-state index in [0.29, 0.717) is 11.3 Å². The summed E-state index contributed by atoms with van der Waals surface area (Å²) in [4.78, 5) is 38.5. The lowest BCUT2D eigenvalue weighted by Crippen LogP contribution is -2.46. The summed E-state index contributed by atoms with van der Waals surface area (Å²) in [7, 11) is 2.42. The summed E-state index contributed by atoms with van der Waals surface area (Å²) in [5.41, 5.74) is 1.64. The van der Waals surface area contributed by atoms with Gasteiger partial charge in [-0.1, -0.05) is 54.6 Å². The van der Waals surface area contributed by atoms with E-state index in [2.05, 4.69) is 0 Å². The third-order valence-electron chi connectivity index (χ3n) is 5.77. The number of hydrogen-bond donors (Lipinski definition) is 0. The molecule has 3 aromatic carbocycles. The molecule has 0 N–H and O–H groups in total. The van der Waals surface area contributed by atoms with Crippen molar-refractivity contribution in [3.8, 4) is 0 Å². The fourth-order valence-corrected chi connectivity index (χ4v) is 4.04. The number of esters is 2. The predicted octanol–water partition coefficient (Wildman–Crippen LogP) is 4.81. The molecule has 0 saturated heterocycles. The summed E-state index contributed by atoms with van der Waals surface area (Å²) < 4.78 is 16.6. The number of nitrogens with zero attached hydrogens (tertiary/aromatic N) is 2. The van der Waals surface area contributed by atoms with E-state index in [4.69, 9.17) is 14.2 Å². The highest BCUT2D eigenvalue weighted by molar-refractivity contribution is 6.04. The number of nitro groups is 1. The zero-order valence-corrected chi connectivity index (χ0v) is 20.1. The van der Waals surface area contributed by atoms with Gasteiger partial charge in [0.15, 0.2) is 6.23 Å². The Morgan fingerprint density at radius 1 is 0.892 bits per heavy atom. The van der Waals surface area contributed by atoms with Crippen LogP contribution in [-0.2, 0) is 23.8 Å². The largest absolute Gasteiger partial charge is 0.466 e. The molecule has 0 fully saturated rings. The molecule has 0 spiro atoms. The van der Waals surface area contributed by atoms with Crippen LogP contribution in [0.2, 0.25) is 0 Å². The minimum atomic E-state index is -1.08. The molecular weight excluding hydrogens is 476 g/mol. The molecule has 0 amide bonds. The average molecular weight is 501 g/mol. The number of ether oxygens (including phenoxy) is 3. The standard InChI is InChI=1S/C28H24N2O7/c1-35-27(31)24-25(28(32)36-2)29(21-11-7-4-8-12-21)23(18-13-19-9-5-3-6-10-19)37-26(24)20-14-16-22(17-15-20)30(33)34/h3-18,23,26H,1-2H3/b18-13+/t23-,26+/m1/s1. The van der Waals surface area contributed by atoms with E-state index in [1.54, 1.807) is 35.2 Å². The monoisotopic (exact) mass is 500 g/mol. The fourth-order valence-electron chi connectivity index (χ4n) is 4.04. The minimum Gasteiger partial charge on any atom is -0.466 e. The van der Waals surface area contributed by atoms with Crippen molar-refractivity contribution in [2.45, 2.75) is 12.3 Å². The molecule has 0 unspecified atom stereocenters. The van der Waals surface area contributed by atoms with E-state index in [0.717, 1.165) is 5.56 Å². The van der Waals surface area contributed by atoms with Crippen LogP contribution in [0.25, 0.3) is 6.08 Å². The van der Waals surface area contributed by atoms with Crippen molar-refractivity contribution in [1.29, 1.82) is 0 Å². The maximum absolute atomic E-state index is 13.2. The summed E-state index contributed by atoms with van der Waals surface area (Å²) in [6.07, 6.45) is 1.67. The summed E-state index contributed by atoms with van der Waals surface area (Å²) >= 11 is 0. The van der Waals surface area contributed by atoms with Gasteiger partial charge in [-0.3, -0.25) is 10.1 Å². The van der Waals surface area contributed by atoms with Crippen molar-refractivity contribution in [1.82, 2.24) is 0 Å². The molecule has 0 bridgehead atoms. The molecule has 0 saturated carbocycles. The zero-order valence-electron chi connectivity index (χ0n) is 20.1. The SMILES string of the molecule is COC(=O)C1=C(C(=O)OC)N(c2ccccc2)[C@@H](/C=C/c2ccccc2)O[C@H]1c1ccc([N+](=O)[O-])cc1. The van der Waals surface area contributed by atoms with Crippen molar-refractivity contribution in [2.24, 2.45) is 0 Å². The maximum Gasteiger partial charge on any atom is 0.355 e. The summed E-state index contributed by atoms with van der Waals surface area (Å²) in [6, 6.07) is 24.1. The highest BCUT2D eigenvalue weighted by Crippen LogP contribution is 2.41. The van der Waals surface area contributed by atoms with Crippen molar-refractivity contribution in [3.63, 3.8) is 0 Å². The molecule has 0 aliphatic carbocycles. The van der Waals surface area contributed by atoms with Crippen LogP contribution in [0.3, 0.4) is 0 Å². The zero-order chi connectivity index (χ0) is 26.4. The second-order valence-corrected chi connectivity index (χ2v) is 7.98. The first-order valence-electron chi connectivity index (χ1n) is 11.3. The Morgan fingerprint density at radius 2 is 1.49 bits per heavy atom. The number of non-ortho nitro benzene ring substituents is 1. The Balaban J connectivity index is 1.94. The van der Waals surface area contributed by atoms with Gasteiger partial charge < -0.3 is 19.1 Å². The van der Waals surface area contributed by atoms with Gasteiger partial charge in [0.05, 0.1) is 19.1 Å². The number of benzene rings is 3. The van der Waals surface area contributed by atoms with E-state index in [1.807, 2.05) is 42.5 Å². The lowest BCUT2D eigenvalue weighted by molar-refractivity contribution is -0.384. The Hall–Kier alpha value is -4.76. The quantitative estimate of drug-likeness (QED) is 0.258. The van der Waals surface area contributed by atoms with Crippen molar-refractivity contribution in [3.05, 3.63) is 124 Å². The van der Waals surface area contributed by atoms with E-state index in [1.165, 1.54) is 38.5 Å². The van der Waals surface area contributed by atoms with Gasteiger partial charge >= 0.3 is 11.9 Å². The summed E-state index contributed by atoms with van der Waals surface area (Å²) in [6.45, 7) is 0. The Labute approximate surface area is 213 Å². The Bertz CT molecular complexity index is 1340. The number of nitro benzene ring substituents is 1. The van der Waals surface area contributed by atoms with Gasteiger partial charge in [-0.15, -0.1) is 0 Å². The van der Waals surface area contributed by atoms with Gasteiger partial charge in [0.1, 0.15) is 17.4 Å². The molecule has 9 nitrogen and oxygen atoms in total. The molecule has 4 rings (SSSR count). The van der Waals surface area contributed by atoms with Crippen LogP contribution in [0.5, 0.6) is 0 Å². The first kappa shape index (κ1) is 25.3. The van der Waals surface area contributed by atoms with Crippen LogP contribution in [0.1, 0.15) is 17.2 Å². The van der Waals surface area contributed by atoms with Crippen LogP contribution >= 0.6 is 0 Å². The highest BCUT2D eigenvalue weighted by Gasteiger charge is 2.43. The number of methoxy groups -OCH3 is 2. The molecule has 37 heavy (non-hydrogen) atoms. The molecule has 0 radical (unpaired) electrons. The molecule has 1 aliphatic heterocycles. The van der Waals surface area contributed by atoms with Crippen LogP contribution in [0.15, 0.2) is 102 Å². The van der Waals surface area contributed by atoms with Crippen molar-refractivity contribution >= 4 is 29.4 Å². The third-order valence-corrected chi connectivity index (χ3v) is 5.77. The topological polar surface area (TPSA) is 108 Å². The third kappa shape index (κ3) is 5.41. The molecular formula is C28H24N2O7. The van der Waals surface area contributed by atoms with Gasteiger partial charge in [0.2, 0.25) is 0 Å². The molecule has 0 aromatic heterocycles. The number of rotatable bonds is 7. The number of carbonyl (C=O) groups is 2. The van der Waals surface area contributed by atoms with E-state index < -0.39 is 29.2 Å². The van der Waals surface area contributed by atoms with Crippen LogP contribution in [0.4, 0.5) is 11.4 Å². The Morgan fingerprint density at radius 3 is 2.05 bits per heavy atom. The molecule has 1 aliphatic rings. The molecule has 1 heterocycles. The fraction of sp³-hybridized carbons (Fsp3) is 0.143. The summed E-state index contributed by atoms with van der Waals surface area (Å²) in [5, 5.41) is 11.2. The average Bonchev–Trinajstić information content (AvgIpc) is 2.95. The van der Waals surface area contributed by atoms with E-state index in [-0.39, 0.29) is 17.0 Å². The van der Waals surface area contributed by atoms with Gasteiger partial charge in [0, 0.05) is 17.8 Å². The van der Waals surface area contributed by atoms with Crippen molar-refractivity contribution < 1.29 is 28.7 Å². The van der Waals surface area contributed by atoms with E-state index >= 15 is 0 Å². The van der Waals surface area contributed by atoms with Crippen LogP contribution in [0, 0.1) is 10.1 Å². The maximum atomic E-state index is 13.2. The molecule has 9 heteroatoms. The number of para-hydroxylation sites is 1. The lowest BCUT2D eigenvalue weighted by atomic mass is 9.96. The first-order valence-corrected chi connectivity index (χ1v) is 11.3. The first-order chi connectivity index (χ1) is 17.9. The van der Waals surface area contributed by atoms with Gasteiger partial charge in [-0.25, -0.2) is 9.59 Å². The molecule has 188 valence electrons. The lowest BCUT2D eigenvalue weighted by Gasteiger charge is -2.41. The smallest absolute Gasteiger partial charge is 0.355 e. The van der Waals surface area contributed by atoms with E-state index in [9.17, 15) is 19.7 Å². The second-order valence-electron chi connectivity index (χ2n) is 7.98. The number of hydrogen-bond acceptors (Lipinski definition) is 8. The minimum absolute atomic E-state index is 0.0575. The van der Waals surface area contributed by atoms with Gasteiger partial charge in [-0.05, 0) is 41.5 Å². The number of carbonyl (C=O) groups excluding carboxylic acids is 2. The highest BCUT2D eigenvalue weighted by atomic mass is 16.6. The normalized spacial score (nSPS) is 17.5. The second kappa shape index (κ2) is 11.3. The summed E-state index contributed by atoms with van der Waals surface area (Å²) in [5.74, 6) is -1.56. The Kier molecular flexibility index (Phi) is 7.75. The molecule has 3 aromatic rings. The number of anilines is 1.